The zero-order valence-corrected chi connectivity index (χ0v) is 12.5. The molecule has 3 nitrogen and oxygen atoms in total. The smallest absolute Gasteiger partial charge is 0.0802 e. The normalized spacial score (nSPS) is 25.6. The molecule has 0 bridgehead atoms. The highest BCUT2D eigenvalue weighted by Gasteiger charge is 2.37. The van der Waals surface area contributed by atoms with E-state index < -0.39 is 0 Å². The Morgan fingerprint density at radius 2 is 2.10 bits per heavy atom. The average Bonchev–Trinajstić information content (AvgIpc) is 2.87. The van der Waals surface area contributed by atoms with Crippen molar-refractivity contribution in [2.75, 3.05) is 26.7 Å². The summed E-state index contributed by atoms with van der Waals surface area (Å²) >= 11 is 0. The maximum atomic E-state index is 5.68. The van der Waals surface area contributed by atoms with Gasteiger partial charge in [0, 0.05) is 39.3 Å². The third-order valence-corrected chi connectivity index (χ3v) is 4.93. The molecule has 3 heteroatoms. The van der Waals surface area contributed by atoms with Crippen LogP contribution in [0.2, 0.25) is 0 Å². The average molecular weight is 274 g/mol. The fourth-order valence-corrected chi connectivity index (χ4v) is 3.34. The molecule has 1 aliphatic heterocycles. The predicted molar refractivity (Wildman–Crippen MR) is 81.7 cm³/mol. The first-order valence-corrected chi connectivity index (χ1v) is 7.84. The molecular formula is C17H26N2O. The zero-order chi connectivity index (χ0) is 13.8. The number of ether oxygens (including phenoxy) is 1. The van der Waals surface area contributed by atoms with Gasteiger partial charge in [-0.1, -0.05) is 30.3 Å². The Bertz CT molecular complexity index is 411. The van der Waals surface area contributed by atoms with Crippen LogP contribution in [0.3, 0.4) is 0 Å². The minimum Gasteiger partial charge on any atom is -0.377 e. The molecule has 0 amide bonds. The first kappa shape index (κ1) is 14.1. The van der Waals surface area contributed by atoms with E-state index in [1.807, 2.05) is 7.11 Å². The number of benzene rings is 1. The summed E-state index contributed by atoms with van der Waals surface area (Å²) in [5, 5.41) is 3.72. The van der Waals surface area contributed by atoms with Crippen LogP contribution < -0.4 is 5.32 Å². The molecule has 1 N–H and O–H groups in total. The van der Waals surface area contributed by atoms with Gasteiger partial charge in [-0.2, -0.15) is 0 Å². The van der Waals surface area contributed by atoms with E-state index in [9.17, 15) is 0 Å². The van der Waals surface area contributed by atoms with Gasteiger partial charge in [0.1, 0.15) is 0 Å². The highest BCUT2D eigenvalue weighted by Crippen LogP contribution is 2.34. The van der Waals surface area contributed by atoms with Crippen LogP contribution in [-0.4, -0.2) is 43.3 Å². The van der Waals surface area contributed by atoms with Crippen LogP contribution in [0.5, 0.6) is 0 Å². The molecule has 0 radical (unpaired) electrons. The molecule has 0 aromatic heterocycles. The number of hydrogen-bond acceptors (Lipinski definition) is 3. The van der Waals surface area contributed by atoms with Crippen molar-refractivity contribution < 1.29 is 4.74 Å². The Morgan fingerprint density at radius 1 is 1.30 bits per heavy atom. The third-order valence-electron chi connectivity index (χ3n) is 4.93. The highest BCUT2D eigenvalue weighted by atomic mass is 16.5. The monoisotopic (exact) mass is 274 g/mol. The quantitative estimate of drug-likeness (QED) is 0.862. The van der Waals surface area contributed by atoms with Crippen LogP contribution >= 0.6 is 0 Å². The molecule has 1 aliphatic carbocycles. The number of likely N-dealkylation sites (tertiary alicyclic amines) is 1. The lowest BCUT2D eigenvalue weighted by atomic mass is 9.80. The molecule has 110 valence electrons. The van der Waals surface area contributed by atoms with Gasteiger partial charge < -0.3 is 10.1 Å². The van der Waals surface area contributed by atoms with Crippen LogP contribution in [0.25, 0.3) is 0 Å². The zero-order valence-electron chi connectivity index (χ0n) is 12.5. The lowest BCUT2D eigenvalue weighted by Crippen LogP contribution is -2.50. The Morgan fingerprint density at radius 3 is 2.75 bits per heavy atom. The summed E-state index contributed by atoms with van der Waals surface area (Å²) in [6.07, 6.45) is 5.01. The first-order valence-electron chi connectivity index (χ1n) is 7.84. The van der Waals surface area contributed by atoms with Gasteiger partial charge in [-0.25, -0.2) is 0 Å². The topological polar surface area (TPSA) is 24.5 Å². The Labute approximate surface area is 122 Å². The third kappa shape index (κ3) is 3.22. The predicted octanol–water partition coefficient (Wildman–Crippen LogP) is 2.42. The minimum atomic E-state index is 0.146. The summed E-state index contributed by atoms with van der Waals surface area (Å²) in [5.41, 5.74) is 1.56. The van der Waals surface area contributed by atoms with E-state index in [0.29, 0.717) is 6.04 Å². The SMILES string of the molecule is COC1(CNC2CCN(Cc3ccccc3)C2)CCC1. The van der Waals surface area contributed by atoms with Crippen molar-refractivity contribution in [3.05, 3.63) is 35.9 Å². The molecule has 20 heavy (non-hydrogen) atoms. The standard InChI is InChI=1S/C17H26N2O/c1-20-17(9-5-10-17)14-18-16-8-11-19(13-16)12-15-6-3-2-4-7-15/h2-4,6-7,16,18H,5,8-14H2,1H3. The van der Waals surface area contributed by atoms with Gasteiger partial charge in [0.2, 0.25) is 0 Å². The van der Waals surface area contributed by atoms with E-state index >= 15 is 0 Å². The lowest BCUT2D eigenvalue weighted by Gasteiger charge is -2.41. The van der Waals surface area contributed by atoms with E-state index in [4.69, 9.17) is 4.74 Å². The van der Waals surface area contributed by atoms with Crippen LogP contribution in [0.15, 0.2) is 30.3 Å². The summed E-state index contributed by atoms with van der Waals surface area (Å²) in [4.78, 5) is 2.55. The van der Waals surface area contributed by atoms with Crippen LogP contribution in [0.4, 0.5) is 0 Å². The van der Waals surface area contributed by atoms with E-state index in [1.54, 1.807) is 0 Å². The van der Waals surface area contributed by atoms with Crippen molar-refractivity contribution in [2.24, 2.45) is 0 Å². The summed E-state index contributed by atoms with van der Waals surface area (Å²) in [7, 11) is 1.86. The second-order valence-corrected chi connectivity index (χ2v) is 6.33. The highest BCUT2D eigenvalue weighted by molar-refractivity contribution is 5.14. The van der Waals surface area contributed by atoms with Crippen molar-refractivity contribution in [3.8, 4) is 0 Å². The molecule has 0 spiro atoms. The molecule has 1 saturated heterocycles. The Hall–Kier alpha value is -0.900. The van der Waals surface area contributed by atoms with Gasteiger partial charge in [0.25, 0.3) is 0 Å². The van der Waals surface area contributed by atoms with Crippen LogP contribution in [-0.2, 0) is 11.3 Å². The number of hydrogen-bond donors (Lipinski definition) is 1. The summed E-state index contributed by atoms with van der Waals surface area (Å²) in [5.74, 6) is 0. The van der Waals surface area contributed by atoms with Gasteiger partial charge in [0.05, 0.1) is 5.60 Å². The Balaban J connectivity index is 1.43. The maximum absolute atomic E-state index is 5.68. The van der Waals surface area contributed by atoms with E-state index in [1.165, 1.54) is 37.8 Å². The van der Waals surface area contributed by atoms with Crippen molar-refractivity contribution in [1.82, 2.24) is 10.2 Å². The first-order chi connectivity index (χ1) is 9.80. The summed E-state index contributed by atoms with van der Waals surface area (Å²) < 4.78 is 5.68. The van der Waals surface area contributed by atoms with Crippen LogP contribution in [0.1, 0.15) is 31.2 Å². The molecule has 1 aromatic carbocycles. The molecule has 3 rings (SSSR count). The molecular weight excluding hydrogens is 248 g/mol. The van der Waals surface area contributed by atoms with Crippen LogP contribution in [0, 0.1) is 0 Å². The molecule has 1 saturated carbocycles. The number of rotatable bonds is 6. The minimum absolute atomic E-state index is 0.146. The van der Waals surface area contributed by atoms with Crippen molar-refractivity contribution in [3.63, 3.8) is 0 Å². The maximum Gasteiger partial charge on any atom is 0.0802 e. The molecule has 2 aliphatic rings. The molecule has 1 unspecified atom stereocenters. The summed E-state index contributed by atoms with van der Waals surface area (Å²) in [6, 6.07) is 11.4. The molecule has 1 atom stereocenters. The fourth-order valence-electron chi connectivity index (χ4n) is 3.34. The van der Waals surface area contributed by atoms with Crippen molar-refractivity contribution in [2.45, 2.75) is 43.9 Å². The summed E-state index contributed by atoms with van der Waals surface area (Å²) in [6.45, 7) is 4.46. The molecule has 2 fully saturated rings. The van der Waals surface area contributed by atoms with E-state index in [0.717, 1.165) is 19.6 Å². The van der Waals surface area contributed by atoms with Gasteiger partial charge in [0.15, 0.2) is 0 Å². The Kier molecular flexibility index (Phi) is 4.39. The van der Waals surface area contributed by atoms with Crippen molar-refractivity contribution in [1.29, 1.82) is 0 Å². The molecule has 1 heterocycles. The van der Waals surface area contributed by atoms with Gasteiger partial charge >= 0.3 is 0 Å². The number of methoxy groups -OCH3 is 1. The second-order valence-electron chi connectivity index (χ2n) is 6.33. The van der Waals surface area contributed by atoms with Gasteiger partial charge in [-0.15, -0.1) is 0 Å². The second kappa shape index (κ2) is 6.25. The van der Waals surface area contributed by atoms with E-state index in [-0.39, 0.29) is 5.60 Å². The van der Waals surface area contributed by atoms with E-state index in [2.05, 4.69) is 40.5 Å². The fraction of sp³-hybridized carbons (Fsp3) is 0.647. The molecule has 1 aromatic rings. The van der Waals surface area contributed by atoms with Gasteiger partial charge in [-0.3, -0.25) is 4.90 Å². The largest absolute Gasteiger partial charge is 0.377 e. The number of nitrogens with zero attached hydrogens (tertiary/aromatic N) is 1. The van der Waals surface area contributed by atoms with Crippen molar-refractivity contribution >= 4 is 0 Å². The number of nitrogens with one attached hydrogen (secondary N) is 1. The lowest BCUT2D eigenvalue weighted by molar-refractivity contribution is -0.0706. The van der Waals surface area contributed by atoms with Gasteiger partial charge in [-0.05, 0) is 31.2 Å².